The predicted molar refractivity (Wildman–Crippen MR) is 108 cm³/mol. The summed E-state index contributed by atoms with van der Waals surface area (Å²) in [6.07, 6.45) is 0.348. The Balaban J connectivity index is 1.69. The number of carbonyl (C=O) groups excluding carboxylic acids is 1. The summed E-state index contributed by atoms with van der Waals surface area (Å²) in [5.41, 5.74) is 3.30. The summed E-state index contributed by atoms with van der Waals surface area (Å²) in [7, 11) is -3.62. The lowest BCUT2D eigenvalue weighted by Crippen LogP contribution is -2.51. The molecule has 1 amide bonds. The molecule has 28 heavy (non-hydrogen) atoms. The zero-order valence-electron chi connectivity index (χ0n) is 17.0. The first-order chi connectivity index (χ1) is 13.3. The molecule has 1 fully saturated rings. The van der Waals surface area contributed by atoms with Gasteiger partial charge in [0.05, 0.1) is 17.8 Å². The van der Waals surface area contributed by atoms with Gasteiger partial charge in [-0.25, -0.2) is 8.42 Å². The van der Waals surface area contributed by atoms with Gasteiger partial charge in [0.1, 0.15) is 4.90 Å². The van der Waals surface area contributed by atoms with E-state index >= 15 is 0 Å². The molecule has 2 aromatic rings. The summed E-state index contributed by atoms with van der Waals surface area (Å²) in [5.74, 6) is 0.0394. The Morgan fingerprint density at radius 1 is 1.07 bits per heavy atom. The maximum absolute atomic E-state index is 13.1. The maximum atomic E-state index is 13.1. The number of piperazine rings is 1. The first-order valence-electron chi connectivity index (χ1n) is 9.62. The summed E-state index contributed by atoms with van der Waals surface area (Å²) in [4.78, 5) is 14.7. The van der Waals surface area contributed by atoms with E-state index in [-0.39, 0.29) is 5.91 Å². The number of nitrogens with zero attached hydrogens (tertiary/aromatic N) is 4. The SMILES string of the molecule is CCn1nc(C)c(S(=O)(=O)N2CCN(C(=O)Cc3ccccc3C)CC2)c1C. The second-order valence-electron chi connectivity index (χ2n) is 7.20. The average Bonchev–Trinajstić information content (AvgIpc) is 2.97. The highest BCUT2D eigenvalue weighted by Gasteiger charge is 2.34. The Kier molecular flexibility index (Phi) is 5.90. The van der Waals surface area contributed by atoms with Crippen molar-refractivity contribution in [2.75, 3.05) is 26.2 Å². The van der Waals surface area contributed by atoms with Gasteiger partial charge in [-0.3, -0.25) is 9.48 Å². The van der Waals surface area contributed by atoms with Crippen molar-refractivity contribution in [2.45, 2.75) is 45.6 Å². The van der Waals surface area contributed by atoms with E-state index in [0.717, 1.165) is 11.1 Å². The zero-order chi connectivity index (χ0) is 20.5. The Morgan fingerprint density at radius 2 is 1.71 bits per heavy atom. The van der Waals surface area contributed by atoms with Gasteiger partial charge >= 0.3 is 0 Å². The van der Waals surface area contributed by atoms with E-state index in [1.807, 2.05) is 38.1 Å². The highest BCUT2D eigenvalue weighted by atomic mass is 32.2. The third kappa shape index (κ3) is 3.84. The summed E-state index contributed by atoms with van der Waals surface area (Å²) in [6, 6.07) is 7.85. The topological polar surface area (TPSA) is 75.5 Å². The van der Waals surface area contributed by atoms with Crippen LogP contribution in [0.1, 0.15) is 29.4 Å². The van der Waals surface area contributed by atoms with Gasteiger partial charge in [-0.15, -0.1) is 0 Å². The fourth-order valence-electron chi connectivity index (χ4n) is 3.75. The van der Waals surface area contributed by atoms with Gasteiger partial charge in [0.2, 0.25) is 15.9 Å². The van der Waals surface area contributed by atoms with Gasteiger partial charge in [-0.2, -0.15) is 9.40 Å². The fourth-order valence-corrected chi connectivity index (χ4v) is 5.55. The zero-order valence-corrected chi connectivity index (χ0v) is 17.8. The van der Waals surface area contributed by atoms with Crippen molar-refractivity contribution in [1.29, 1.82) is 0 Å². The Morgan fingerprint density at radius 3 is 2.29 bits per heavy atom. The van der Waals surface area contributed by atoms with E-state index in [2.05, 4.69) is 5.10 Å². The number of hydrogen-bond donors (Lipinski definition) is 0. The third-order valence-corrected chi connectivity index (χ3v) is 7.56. The molecule has 0 saturated carbocycles. The van der Waals surface area contributed by atoms with Crippen LogP contribution in [0.2, 0.25) is 0 Å². The number of rotatable bonds is 5. The van der Waals surface area contributed by atoms with Crippen molar-refractivity contribution in [3.63, 3.8) is 0 Å². The molecule has 1 aromatic heterocycles. The lowest BCUT2D eigenvalue weighted by molar-refractivity contribution is -0.131. The summed E-state index contributed by atoms with van der Waals surface area (Å²) in [5, 5.41) is 4.33. The molecule has 0 atom stereocenters. The Labute approximate surface area is 167 Å². The molecule has 0 bridgehead atoms. The number of hydrogen-bond acceptors (Lipinski definition) is 4. The largest absolute Gasteiger partial charge is 0.340 e. The van der Waals surface area contributed by atoms with Crippen LogP contribution in [-0.4, -0.2) is 59.5 Å². The van der Waals surface area contributed by atoms with Crippen molar-refractivity contribution < 1.29 is 13.2 Å². The van der Waals surface area contributed by atoms with Gasteiger partial charge < -0.3 is 4.90 Å². The number of sulfonamides is 1. The van der Waals surface area contributed by atoms with E-state index < -0.39 is 10.0 Å². The van der Waals surface area contributed by atoms with Gasteiger partial charge in [0, 0.05) is 32.7 Å². The molecule has 0 spiro atoms. The van der Waals surface area contributed by atoms with Gasteiger partial charge in [-0.1, -0.05) is 24.3 Å². The molecule has 1 aliphatic heterocycles. The fraction of sp³-hybridized carbons (Fsp3) is 0.500. The normalized spacial score (nSPS) is 15.8. The van der Waals surface area contributed by atoms with Crippen LogP contribution in [-0.2, 0) is 27.8 Å². The van der Waals surface area contributed by atoms with Gasteiger partial charge in [-0.05, 0) is 38.8 Å². The quantitative estimate of drug-likeness (QED) is 0.763. The van der Waals surface area contributed by atoms with Gasteiger partial charge in [0.15, 0.2) is 0 Å². The highest BCUT2D eigenvalue weighted by Crippen LogP contribution is 2.24. The first-order valence-corrected chi connectivity index (χ1v) is 11.1. The van der Waals surface area contributed by atoms with Crippen LogP contribution < -0.4 is 0 Å². The van der Waals surface area contributed by atoms with E-state index in [4.69, 9.17) is 0 Å². The number of aromatic nitrogens is 2. The van der Waals surface area contributed by atoms with E-state index in [1.165, 1.54) is 4.31 Å². The van der Waals surface area contributed by atoms with Crippen LogP contribution in [0.25, 0.3) is 0 Å². The van der Waals surface area contributed by atoms with Crippen molar-refractivity contribution in [1.82, 2.24) is 19.0 Å². The molecule has 152 valence electrons. The molecule has 2 heterocycles. The number of amides is 1. The first kappa shape index (κ1) is 20.5. The summed E-state index contributed by atoms with van der Waals surface area (Å²) >= 11 is 0. The van der Waals surface area contributed by atoms with Crippen molar-refractivity contribution in [2.24, 2.45) is 0 Å². The number of aryl methyl sites for hydroxylation is 3. The minimum atomic E-state index is -3.62. The predicted octanol–water partition coefficient (Wildman–Crippen LogP) is 1.90. The highest BCUT2D eigenvalue weighted by molar-refractivity contribution is 7.89. The van der Waals surface area contributed by atoms with Crippen molar-refractivity contribution in [3.8, 4) is 0 Å². The molecule has 1 aliphatic rings. The van der Waals surface area contributed by atoms with Crippen LogP contribution in [0, 0.1) is 20.8 Å². The van der Waals surface area contributed by atoms with Gasteiger partial charge in [0.25, 0.3) is 0 Å². The molecule has 0 radical (unpaired) electrons. The minimum Gasteiger partial charge on any atom is -0.340 e. The molecule has 1 saturated heterocycles. The lowest BCUT2D eigenvalue weighted by Gasteiger charge is -2.34. The molecule has 0 unspecified atom stereocenters. The molecule has 7 nitrogen and oxygen atoms in total. The second kappa shape index (κ2) is 8.05. The molecular weight excluding hydrogens is 376 g/mol. The Hall–Kier alpha value is -2.19. The smallest absolute Gasteiger partial charge is 0.246 e. The second-order valence-corrected chi connectivity index (χ2v) is 9.08. The Bertz CT molecular complexity index is 973. The molecule has 1 aromatic carbocycles. The monoisotopic (exact) mass is 404 g/mol. The van der Waals surface area contributed by atoms with E-state index in [9.17, 15) is 13.2 Å². The van der Waals surface area contributed by atoms with Crippen LogP contribution in [0.4, 0.5) is 0 Å². The lowest BCUT2D eigenvalue weighted by atomic mass is 10.1. The van der Waals surface area contributed by atoms with E-state index in [1.54, 1.807) is 23.4 Å². The van der Waals surface area contributed by atoms with Crippen LogP contribution >= 0.6 is 0 Å². The minimum absolute atomic E-state index is 0.0394. The molecule has 3 rings (SSSR count). The van der Waals surface area contributed by atoms with Crippen molar-refractivity contribution in [3.05, 3.63) is 46.8 Å². The van der Waals surface area contributed by atoms with E-state index in [0.29, 0.717) is 55.4 Å². The van der Waals surface area contributed by atoms with Crippen molar-refractivity contribution >= 4 is 15.9 Å². The number of benzene rings is 1. The number of carbonyl (C=O) groups is 1. The molecular formula is C20H28N4O3S. The van der Waals surface area contributed by atoms with Crippen LogP contribution in [0.15, 0.2) is 29.2 Å². The standard InChI is InChI=1S/C20H28N4O3S/c1-5-24-17(4)20(16(3)21-24)28(26,27)23-12-10-22(11-13-23)19(25)14-18-9-7-6-8-15(18)2/h6-9H,5,10-14H2,1-4H3. The molecule has 0 aliphatic carbocycles. The molecule has 0 N–H and O–H groups in total. The third-order valence-electron chi connectivity index (χ3n) is 5.41. The summed E-state index contributed by atoms with van der Waals surface area (Å²) < 4.78 is 29.5. The maximum Gasteiger partial charge on any atom is 0.246 e. The van der Waals surface area contributed by atoms with Crippen LogP contribution in [0.3, 0.4) is 0 Å². The average molecular weight is 405 g/mol. The molecule has 8 heteroatoms. The van der Waals surface area contributed by atoms with Crippen LogP contribution in [0.5, 0.6) is 0 Å². The summed E-state index contributed by atoms with van der Waals surface area (Å²) in [6.45, 7) is 9.50.